The fourth-order valence-corrected chi connectivity index (χ4v) is 9.01. The van der Waals surface area contributed by atoms with Gasteiger partial charge in [-0.3, -0.25) is 28.8 Å². The number of anilines is 3. The molecule has 22 heteroatoms. The number of ether oxygens (including phenoxy) is 3. The normalized spacial score (nSPS) is 10.7. The molecule has 6 N–H and O–H groups in total. The van der Waals surface area contributed by atoms with Crippen molar-refractivity contribution in [2.24, 2.45) is 0 Å². The van der Waals surface area contributed by atoms with E-state index in [1.165, 1.54) is 94.1 Å². The van der Waals surface area contributed by atoms with Crippen molar-refractivity contribution >= 4 is 75.1 Å². The van der Waals surface area contributed by atoms with E-state index in [0.717, 1.165) is 64.5 Å². The first-order valence-electron chi connectivity index (χ1n) is 28.2. The lowest BCUT2D eigenvalue weighted by Gasteiger charge is -2.19. The molecule has 0 atom stereocenters. The van der Waals surface area contributed by atoms with Gasteiger partial charge in [0.2, 0.25) is 0 Å². The number of benzene rings is 6. The first-order valence-corrected chi connectivity index (χ1v) is 29.3. The fraction of sp³-hybridized carbons (Fsp3) is 0.344. The first-order chi connectivity index (χ1) is 41.3. The van der Waals surface area contributed by atoms with E-state index in [9.17, 15) is 41.9 Å². The quantitative estimate of drug-likeness (QED) is 0.0266. The second-order valence-electron chi connectivity index (χ2n) is 19.0. The molecule has 0 heterocycles. The van der Waals surface area contributed by atoms with E-state index in [4.69, 9.17) is 14.2 Å². The molecule has 6 rings (SSSR count). The van der Waals surface area contributed by atoms with Crippen LogP contribution in [0, 0.1) is 27.9 Å². The number of halogens is 4. The van der Waals surface area contributed by atoms with Crippen LogP contribution in [0.1, 0.15) is 109 Å². The highest BCUT2D eigenvalue weighted by molar-refractivity contribution is 14.1. The van der Waals surface area contributed by atoms with Gasteiger partial charge in [0.15, 0.2) is 0 Å². The molecular formula is C64H79F3IN9O9. The van der Waals surface area contributed by atoms with Gasteiger partial charge in [-0.05, 0) is 171 Å². The Balaban J connectivity index is 0.000000276. The van der Waals surface area contributed by atoms with Crippen molar-refractivity contribution in [3.8, 4) is 17.2 Å². The van der Waals surface area contributed by atoms with Gasteiger partial charge in [0, 0.05) is 89.1 Å². The number of carbonyl (C=O) groups is 6. The minimum atomic E-state index is -0.408. The van der Waals surface area contributed by atoms with E-state index < -0.39 is 17.5 Å². The Morgan fingerprint density at radius 3 is 1.10 bits per heavy atom. The average molecular weight is 1310 g/mol. The van der Waals surface area contributed by atoms with E-state index in [1.54, 1.807) is 49.4 Å². The Bertz CT molecular complexity index is 3040. The Labute approximate surface area is 516 Å². The molecule has 6 aromatic rings. The zero-order valence-electron chi connectivity index (χ0n) is 50.5. The van der Waals surface area contributed by atoms with Crippen LogP contribution >= 0.6 is 22.6 Å². The van der Waals surface area contributed by atoms with Crippen LogP contribution in [0.3, 0.4) is 0 Å². The predicted molar refractivity (Wildman–Crippen MR) is 340 cm³/mol. The molecule has 0 aliphatic carbocycles. The van der Waals surface area contributed by atoms with Crippen LogP contribution in [-0.2, 0) is 0 Å². The van der Waals surface area contributed by atoms with Crippen molar-refractivity contribution in [2.75, 3.05) is 116 Å². The van der Waals surface area contributed by atoms with E-state index in [0.29, 0.717) is 90.9 Å². The molecule has 0 unspecified atom stereocenters. The number of likely N-dealkylation sites (N-methyl/N-ethyl adjacent to an activating group) is 3. The molecule has 0 saturated carbocycles. The van der Waals surface area contributed by atoms with Gasteiger partial charge in [0.1, 0.15) is 34.7 Å². The Kier molecular flexibility index (Phi) is 30.1. The number of nitrogens with one attached hydrogen (secondary N) is 6. The minimum absolute atomic E-state index is 0.228. The van der Waals surface area contributed by atoms with Crippen molar-refractivity contribution in [1.82, 2.24) is 30.7 Å². The number of rotatable bonds is 27. The number of nitrogens with zero attached hydrogens (tertiary/aromatic N) is 3. The second kappa shape index (κ2) is 36.7. The number of amides is 6. The third-order valence-electron chi connectivity index (χ3n) is 13.7. The van der Waals surface area contributed by atoms with Crippen molar-refractivity contribution in [2.45, 2.75) is 48.5 Å². The van der Waals surface area contributed by atoms with E-state index in [2.05, 4.69) is 111 Å². The van der Waals surface area contributed by atoms with Crippen molar-refractivity contribution < 1.29 is 56.1 Å². The summed E-state index contributed by atoms with van der Waals surface area (Å²) < 4.78 is 55.8. The Morgan fingerprint density at radius 2 is 0.733 bits per heavy atom. The van der Waals surface area contributed by atoms with Gasteiger partial charge in [0.05, 0.1) is 43.7 Å². The predicted octanol–water partition coefficient (Wildman–Crippen LogP) is 10.4. The average Bonchev–Trinajstić information content (AvgIpc) is 3.72. The highest BCUT2D eigenvalue weighted by Gasteiger charge is 2.20. The first kappa shape index (κ1) is 70.4. The maximum absolute atomic E-state index is 13.0. The van der Waals surface area contributed by atoms with Crippen LogP contribution in [0.25, 0.3) is 0 Å². The Morgan fingerprint density at radius 1 is 0.407 bits per heavy atom. The van der Waals surface area contributed by atoms with Gasteiger partial charge in [-0.2, -0.15) is 0 Å². The standard InChI is InChI=1S/C22H28FN3O3.C21H25FIN3O3.C21H26FN3O3/c1-5-26(6-2)12-11-24-22(28)18-13-15(3)19(14-20(18)29-4)25-21(27)16-7-9-17(23)10-8-16;1-4-26(5-2)11-10-24-21(28)16-12-17(23)18(13-19(16)29-3)25-20(27)14-6-8-15(22)9-7-14;1-4-25(5-2)13-12-23-21(27)18-11-10-17(14-19(18)28-3)24-20(26)15-6-8-16(22)9-7-15/h7-10,13-14H,5-6,11-12H2,1-4H3,(H,24,28)(H,25,27);6-9,12-13H,4-5,10-11H2,1-3H3,(H,24,28)(H,25,27);6-11,14H,4-5,12-13H2,1-3H3,(H,23,27)(H,24,26)/i;23+4;. The maximum atomic E-state index is 13.0. The lowest BCUT2D eigenvalue weighted by atomic mass is 10.1. The lowest BCUT2D eigenvalue weighted by molar-refractivity contribution is 0.0937. The molecule has 6 amide bonds. The molecule has 0 bridgehead atoms. The third-order valence-corrected chi connectivity index (χ3v) is 14.6. The molecule has 462 valence electrons. The van der Waals surface area contributed by atoms with Crippen molar-refractivity contribution in [3.05, 3.63) is 175 Å². The highest BCUT2D eigenvalue weighted by Crippen LogP contribution is 2.30. The number of aryl methyl sites for hydroxylation is 1. The zero-order valence-corrected chi connectivity index (χ0v) is 52.6. The topological polar surface area (TPSA) is 212 Å². The van der Waals surface area contributed by atoms with E-state index >= 15 is 0 Å². The van der Waals surface area contributed by atoms with Gasteiger partial charge in [0.25, 0.3) is 35.4 Å². The summed E-state index contributed by atoms with van der Waals surface area (Å²) in [6.45, 7) is 23.7. The SMILES string of the molecule is CCN(CC)CCNC(=O)c1cc(C)c(NC(=O)c2ccc(F)cc2)cc1OC.CCN(CC)CCNC(=O)c1cc([131I])c(NC(=O)c2ccc(F)cc2)cc1OC.CCN(CC)CCNC(=O)c1ccc(NC(=O)c2ccc(F)cc2)cc1OC. The van der Waals surface area contributed by atoms with Gasteiger partial charge < -0.3 is 60.8 Å². The molecule has 0 aliphatic rings. The summed E-state index contributed by atoms with van der Waals surface area (Å²) in [5, 5.41) is 17.0. The summed E-state index contributed by atoms with van der Waals surface area (Å²) in [4.78, 5) is 81.3. The molecule has 0 aromatic heterocycles. The van der Waals surface area contributed by atoms with Crippen molar-refractivity contribution in [1.29, 1.82) is 0 Å². The van der Waals surface area contributed by atoms with Crippen LogP contribution in [0.2, 0.25) is 0 Å². The summed E-state index contributed by atoms with van der Waals surface area (Å²) in [7, 11) is 4.41. The highest BCUT2D eigenvalue weighted by atomic mass is 131. The maximum Gasteiger partial charge on any atom is 0.255 e. The number of hydrogen-bond donors (Lipinski definition) is 6. The second-order valence-corrected chi connectivity index (χ2v) is 20.2. The van der Waals surface area contributed by atoms with Gasteiger partial charge in [-0.1, -0.05) is 41.5 Å². The van der Waals surface area contributed by atoms with Crippen LogP contribution in [0.15, 0.2) is 115 Å². The molecule has 0 fully saturated rings. The van der Waals surface area contributed by atoms with Crippen LogP contribution in [-0.4, -0.2) is 150 Å². The summed E-state index contributed by atoms with van der Waals surface area (Å²) in [5.74, 6) is -1.95. The summed E-state index contributed by atoms with van der Waals surface area (Å²) >= 11 is 2.05. The molecule has 86 heavy (non-hydrogen) atoms. The van der Waals surface area contributed by atoms with E-state index in [1.807, 2.05) is 0 Å². The van der Waals surface area contributed by atoms with Crippen LogP contribution in [0.4, 0.5) is 30.2 Å². The zero-order chi connectivity index (χ0) is 63.3. The summed E-state index contributed by atoms with van der Waals surface area (Å²) in [6.07, 6.45) is 0. The molecule has 18 nitrogen and oxygen atoms in total. The summed E-state index contributed by atoms with van der Waals surface area (Å²) in [6, 6.07) is 27.2. The molecule has 0 spiro atoms. The molecule has 0 aliphatic heterocycles. The van der Waals surface area contributed by atoms with Crippen LogP contribution < -0.4 is 46.1 Å². The van der Waals surface area contributed by atoms with Crippen LogP contribution in [0.5, 0.6) is 17.2 Å². The largest absolute Gasteiger partial charge is 0.496 e. The lowest BCUT2D eigenvalue weighted by Crippen LogP contribution is -2.35. The van der Waals surface area contributed by atoms with E-state index in [-0.39, 0.29) is 35.4 Å². The molecule has 0 radical (unpaired) electrons. The van der Waals surface area contributed by atoms with Gasteiger partial charge in [-0.15, -0.1) is 0 Å². The smallest absolute Gasteiger partial charge is 0.255 e. The number of hydrogen-bond acceptors (Lipinski definition) is 12. The van der Waals surface area contributed by atoms with Gasteiger partial charge in [-0.25, -0.2) is 13.2 Å². The third kappa shape index (κ3) is 22.1. The molecular weight excluding hydrogens is 1230 g/mol. The fourth-order valence-electron chi connectivity index (χ4n) is 8.40. The minimum Gasteiger partial charge on any atom is -0.496 e. The summed E-state index contributed by atoms with van der Waals surface area (Å²) in [5.41, 5.74) is 4.43. The molecule has 6 aromatic carbocycles. The Hall–Kier alpha value is -8.06. The molecule has 0 saturated heterocycles. The monoisotopic (exact) mass is 1310 g/mol. The van der Waals surface area contributed by atoms with Crippen molar-refractivity contribution in [3.63, 3.8) is 0 Å². The number of methoxy groups -OCH3 is 3. The number of carbonyl (C=O) groups excluding carboxylic acids is 6. The van der Waals surface area contributed by atoms with Gasteiger partial charge >= 0.3 is 0 Å².